The van der Waals surface area contributed by atoms with Crippen LogP contribution in [0.5, 0.6) is 0 Å². The molecule has 0 saturated carbocycles. The number of rotatable bonds is 34. The predicted molar refractivity (Wildman–Crippen MR) is 185 cm³/mol. The van der Waals surface area contributed by atoms with E-state index in [4.69, 9.17) is 9.47 Å². The van der Waals surface area contributed by atoms with Crippen LogP contribution in [0.3, 0.4) is 0 Å². The summed E-state index contributed by atoms with van der Waals surface area (Å²) in [6, 6.07) is 0. The minimum absolute atomic E-state index is 0.617. The molecule has 0 amide bonds. The summed E-state index contributed by atoms with van der Waals surface area (Å²) in [6.07, 6.45) is 44.2. The molecule has 0 atom stereocenters. The number of hydrogen-bond donors (Lipinski definition) is 0. The second-order valence-corrected chi connectivity index (χ2v) is 12.1. The van der Waals surface area contributed by atoms with E-state index >= 15 is 0 Å². The van der Waals surface area contributed by atoms with Crippen molar-refractivity contribution in [1.82, 2.24) is 0 Å². The molecule has 3 nitrogen and oxygen atoms in total. The minimum Gasteiger partial charge on any atom is -0.375 e. The molecule has 0 aliphatic heterocycles. The maximum atomic E-state index is 5.86. The Morgan fingerprint density at radius 3 is 1.02 bits per heavy atom. The summed E-state index contributed by atoms with van der Waals surface area (Å²) in [7, 11) is 1.85. The van der Waals surface area contributed by atoms with Gasteiger partial charge in [-0.15, -0.1) is 0 Å². The van der Waals surface area contributed by atoms with E-state index in [2.05, 4.69) is 43.1 Å². The number of nitrogens with zero attached hydrogens (tertiary/aromatic N) is 1. The van der Waals surface area contributed by atoms with Crippen molar-refractivity contribution < 1.29 is 9.47 Å². The molecule has 0 aromatic rings. The second kappa shape index (κ2) is 37.1. The highest BCUT2D eigenvalue weighted by atomic mass is 16.5. The Balaban J connectivity index is 3.34. The van der Waals surface area contributed by atoms with E-state index < -0.39 is 0 Å². The van der Waals surface area contributed by atoms with Gasteiger partial charge in [0.15, 0.2) is 0 Å². The van der Waals surface area contributed by atoms with Crippen molar-refractivity contribution >= 4 is 5.71 Å². The van der Waals surface area contributed by atoms with Crippen LogP contribution in [0.25, 0.3) is 0 Å². The van der Waals surface area contributed by atoms with E-state index in [1.807, 2.05) is 7.05 Å². The van der Waals surface area contributed by atoms with Gasteiger partial charge in [-0.1, -0.05) is 141 Å². The first-order valence-electron chi connectivity index (χ1n) is 18.2. The molecular formula is C38H73NO2. The lowest BCUT2D eigenvalue weighted by molar-refractivity contribution is 0.141. The van der Waals surface area contributed by atoms with Gasteiger partial charge in [-0.05, 0) is 64.2 Å². The van der Waals surface area contributed by atoms with E-state index in [0.29, 0.717) is 13.2 Å². The largest absolute Gasteiger partial charge is 0.375 e. The van der Waals surface area contributed by atoms with Crippen LogP contribution < -0.4 is 0 Å². The van der Waals surface area contributed by atoms with Gasteiger partial charge in [-0.25, -0.2) is 0 Å². The van der Waals surface area contributed by atoms with Gasteiger partial charge in [-0.2, -0.15) is 0 Å². The average molecular weight is 576 g/mol. The highest BCUT2D eigenvalue weighted by Crippen LogP contribution is 2.11. The highest BCUT2D eigenvalue weighted by Gasteiger charge is 2.00. The standard InChI is InChI=1S/C38H73NO2/c1-4-6-8-10-12-14-16-18-20-22-24-26-28-30-32-34-40-36-38(39-3)37-41-35-33-31-29-27-25-23-21-19-17-15-13-11-9-7-5-2/h18-21H,4-17,22-37H2,1-3H3/b20-18-,21-19-. The number of allylic oxidation sites excluding steroid dienone is 4. The normalized spacial score (nSPS) is 11.8. The van der Waals surface area contributed by atoms with Gasteiger partial charge in [0.05, 0.1) is 18.9 Å². The summed E-state index contributed by atoms with van der Waals surface area (Å²) in [6.45, 7) is 7.48. The van der Waals surface area contributed by atoms with E-state index in [1.54, 1.807) is 0 Å². The Hall–Kier alpha value is -0.930. The third-order valence-corrected chi connectivity index (χ3v) is 7.95. The van der Waals surface area contributed by atoms with Crippen LogP contribution in [0.4, 0.5) is 0 Å². The molecule has 0 aliphatic carbocycles. The highest BCUT2D eigenvalue weighted by molar-refractivity contribution is 5.86. The van der Waals surface area contributed by atoms with Crippen molar-refractivity contribution in [3.8, 4) is 0 Å². The first-order chi connectivity index (χ1) is 20.3. The summed E-state index contributed by atoms with van der Waals surface area (Å²) in [5, 5.41) is 0. The third-order valence-electron chi connectivity index (χ3n) is 7.95. The summed E-state index contributed by atoms with van der Waals surface area (Å²) in [4.78, 5) is 4.36. The zero-order valence-electron chi connectivity index (χ0n) is 28.3. The molecule has 0 aromatic heterocycles. The Morgan fingerprint density at radius 1 is 0.415 bits per heavy atom. The van der Waals surface area contributed by atoms with Gasteiger partial charge >= 0.3 is 0 Å². The molecule has 0 bridgehead atoms. The molecule has 242 valence electrons. The molecule has 0 fully saturated rings. The molecule has 0 N–H and O–H groups in total. The van der Waals surface area contributed by atoms with Crippen molar-refractivity contribution in [2.45, 2.75) is 181 Å². The minimum atomic E-state index is 0.617. The predicted octanol–water partition coefficient (Wildman–Crippen LogP) is 12.4. The van der Waals surface area contributed by atoms with Gasteiger partial charge in [0.25, 0.3) is 0 Å². The van der Waals surface area contributed by atoms with Crippen LogP contribution in [0.2, 0.25) is 0 Å². The zero-order valence-corrected chi connectivity index (χ0v) is 28.3. The Labute approximate surface area is 258 Å². The molecule has 0 radical (unpaired) electrons. The quantitative estimate of drug-likeness (QED) is 0.0434. The summed E-state index contributed by atoms with van der Waals surface area (Å²) >= 11 is 0. The fraction of sp³-hybridized carbons (Fsp3) is 0.868. The first kappa shape index (κ1) is 40.1. The van der Waals surface area contributed by atoms with Crippen molar-refractivity contribution in [3.05, 3.63) is 24.3 Å². The van der Waals surface area contributed by atoms with E-state index in [-0.39, 0.29) is 0 Å². The fourth-order valence-corrected chi connectivity index (χ4v) is 5.10. The monoisotopic (exact) mass is 576 g/mol. The summed E-state index contributed by atoms with van der Waals surface area (Å²) < 4.78 is 11.7. The van der Waals surface area contributed by atoms with Crippen molar-refractivity contribution in [1.29, 1.82) is 0 Å². The molecule has 3 heteroatoms. The second-order valence-electron chi connectivity index (χ2n) is 12.1. The number of unbranched alkanes of at least 4 members (excludes halogenated alkanes) is 22. The molecule has 0 saturated heterocycles. The maximum absolute atomic E-state index is 5.86. The molecular weight excluding hydrogens is 502 g/mol. The molecule has 0 heterocycles. The van der Waals surface area contributed by atoms with Crippen LogP contribution >= 0.6 is 0 Å². The van der Waals surface area contributed by atoms with Gasteiger partial charge in [-0.3, -0.25) is 4.99 Å². The lowest BCUT2D eigenvalue weighted by Crippen LogP contribution is -2.17. The average Bonchev–Trinajstić information content (AvgIpc) is 2.99. The van der Waals surface area contributed by atoms with Crippen LogP contribution in [0, 0.1) is 0 Å². The molecule has 41 heavy (non-hydrogen) atoms. The lowest BCUT2D eigenvalue weighted by atomic mass is 10.1. The first-order valence-corrected chi connectivity index (χ1v) is 18.2. The maximum Gasteiger partial charge on any atom is 0.0867 e. The van der Waals surface area contributed by atoms with Crippen LogP contribution in [0.15, 0.2) is 29.3 Å². The van der Waals surface area contributed by atoms with Gasteiger partial charge in [0, 0.05) is 20.3 Å². The van der Waals surface area contributed by atoms with E-state index in [9.17, 15) is 0 Å². The van der Waals surface area contributed by atoms with Crippen LogP contribution in [-0.2, 0) is 9.47 Å². The van der Waals surface area contributed by atoms with Gasteiger partial charge in [0.1, 0.15) is 0 Å². The Bertz CT molecular complexity index is 523. The Kier molecular flexibility index (Phi) is 36.3. The van der Waals surface area contributed by atoms with E-state index in [1.165, 1.54) is 154 Å². The summed E-state index contributed by atoms with van der Waals surface area (Å²) in [5.74, 6) is 0. The zero-order chi connectivity index (χ0) is 29.7. The van der Waals surface area contributed by atoms with Gasteiger partial charge in [0.2, 0.25) is 0 Å². The summed E-state index contributed by atoms with van der Waals surface area (Å²) in [5.41, 5.74) is 1.03. The van der Waals surface area contributed by atoms with E-state index in [0.717, 1.165) is 31.8 Å². The fourth-order valence-electron chi connectivity index (χ4n) is 5.10. The van der Waals surface area contributed by atoms with Crippen molar-refractivity contribution in [2.75, 3.05) is 33.5 Å². The molecule has 0 aliphatic rings. The number of hydrogen-bond acceptors (Lipinski definition) is 3. The van der Waals surface area contributed by atoms with Crippen molar-refractivity contribution in [2.24, 2.45) is 4.99 Å². The van der Waals surface area contributed by atoms with Gasteiger partial charge < -0.3 is 9.47 Å². The SMILES string of the molecule is CCCCCCCC/C=C\CCCCCCCOCC(COCCCCCCC/C=C\CCCCCCCC)=NC. The smallest absolute Gasteiger partial charge is 0.0867 e. The van der Waals surface area contributed by atoms with Crippen molar-refractivity contribution in [3.63, 3.8) is 0 Å². The Morgan fingerprint density at radius 2 is 0.707 bits per heavy atom. The van der Waals surface area contributed by atoms with Crippen LogP contribution in [0.1, 0.15) is 181 Å². The molecule has 0 rings (SSSR count). The third kappa shape index (κ3) is 35.2. The topological polar surface area (TPSA) is 30.8 Å². The molecule has 0 aromatic carbocycles. The lowest BCUT2D eigenvalue weighted by Gasteiger charge is -2.08. The van der Waals surface area contributed by atoms with Crippen LogP contribution in [-0.4, -0.2) is 39.2 Å². The molecule has 0 unspecified atom stereocenters. The number of aliphatic imine (C=N–C) groups is 1. The number of ether oxygens (including phenoxy) is 2. The molecule has 0 spiro atoms.